The molecule has 1 unspecified atom stereocenters. The fourth-order valence-electron chi connectivity index (χ4n) is 6.78. The van der Waals surface area contributed by atoms with Crippen molar-refractivity contribution in [2.45, 2.75) is 38.1 Å². The molecule has 2 fully saturated rings. The van der Waals surface area contributed by atoms with Gasteiger partial charge in [-0.05, 0) is 66.0 Å². The van der Waals surface area contributed by atoms with E-state index in [4.69, 9.17) is 15.2 Å². The van der Waals surface area contributed by atoms with Crippen LogP contribution in [0.2, 0.25) is 0 Å². The van der Waals surface area contributed by atoms with Crippen molar-refractivity contribution in [1.29, 1.82) is 0 Å². The van der Waals surface area contributed by atoms with E-state index in [9.17, 15) is 9.59 Å². The Bertz CT molecular complexity index is 1460. The van der Waals surface area contributed by atoms with Crippen molar-refractivity contribution in [2.24, 2.45) is 11.1 Å². The molecule has 4 aliphatic rings. The number of benzene rings is 1. The summed E-state index contributed by atoms with van der Waals surface area (Å²) < 4.78 is 11.1. The number of hydrogen-bond acceptors (Lipinski definition) is 7. The molecule has 9 nitrogen and oxygen atoms in total. The minimum Gasteiger partial charge on any atom is -0.484 e. The lowest BCUT2D eigenvalue weighted by Crippen LogP contribution is -2.61. The molecular weight excluding hydrogens is 506 g/mol. The predicted octanol–water partition coefficient (Wildman–Crippen LogP) is 3.17. The van der Waals surface area contributed by atoms with Gasteiger partial charge in [-0.1, -0.05) is 24.3 Å². The van der Waals surface area contributed by atoms with Crippen molar-refractivity contribution in [3.8, 4) is 22.8 Å². The second kappa shape index (κ2) is 9.89. The van der Waals surface area contributed by atoms with Crippen LogP contribution in [0.5, 0.6) is 11.6 Å². The Hall–Kier alpha value is -3.98. The monoisotopic (exact) mass is 539 g/mol. The number of carbonyl (C=O) groups is 2. The lowest BCUT2D eigenvalue weighted by molar-refractivity contribution is -0.136. The molecule has 40 heavy (non-hydrogen) atoms. The molecule has 2 amide bonds. The van der Waals surface area contributed by atoms with Crippen LogP contribution in [-0.2, 0) is 17.6 Å². The van der Waals surface area contributed by atoms with Crippen LogP contribution < -0.4 is 15.2 Å². The number of amides is 2. The molecule has 1 aliphatic carbocycles. The molecule has 1 spiro atoms. The third-order valence-electron chi connectivity index (χ3n) is 9.03. The standard InChI is InChI=1S/C31H33N5O4/c32-29(38)25-6-2-22(17-33-25)20-1-5-24-21(15-20)3-7-26(24)36-18-31(19-36)9-11-35(12-10-31)28(37)16-23-4-8-27-30(34-23)40-14-13-39-27/h1-2,4-6,8,15,17,26H,3,7,9-14,16,18-19H2,(H2,32,38). The summed E-state index contributed by atoms with van der Waals surface area (Å²) in [6, 6.07) is 14.5. The van der Waals surface area contributed by atoms with Crippen LogP contribution in [0.4, 0.5) is 0 Å². The number of carbonyl (C=O) groups excluding carboxylic acids is 2. The molecule has 3 aliphatic heterocycles. The summed E-state index contributed by atoms with van der Waals surface area (Å²) in [5.41, 5.74) is 11.6. The van der Waals surface area contributed by atoms with E-state index in [-0.39, 0.29) is 11.6 Å². The molecule has 0 saturated carbocycles. The van der Waals surface area contributed by atoms with Gasteiger partial charge in [-0.25, -0.2) is 4.98 Å². The first-order chi connectivity index (χ1) is 19.5. The number of primary amides is 1. The van der Waals surface area contributed by atoms with Gasteiger partial charge >= 0.3 is 0 Å². The number of nitrogens with two attached hydrogens (primary N) is 1. The largest absolute Gasteiger partial charge is 0.484 e. The van der Waals surface area contributed by atoms with E-state index < -0.39 is 5.91 Å². The molecule has 2 N–H and O–H groups in total. The summed E-state index contributed by atoms with van der Waals surface area (Å²) >= 11 is 0. The maximum atomic E-state index is 13.0. The first-order valence-corrected chi connectivity index (χ1v) is 14.1. The summed E-state index contributed by atoms with van der Waals surface area (Å²) in [6.45, 7) is 4.84. The number of pyridine rings is 2. The molecule has 2 aromatic heterocycles. The molecule has 1 aromatic carbocycles. The van der Waals surface area contributed by atoms with Crippen LogP contribution in [-0.4, -0.2) is 71.0 Å². The van der Waals surface area contributed by atoms with Gasteiger partial charge in [0.15, 0.2) is 5.75 Å². The zero-order valence-electron chi connectivity index (χ0n) is 22.5. The fraction of sp³-hybridized carbons (Fsp3) is 0.419. The SMILES string of the molecule is NC(=O)c1ccc(-c2ccc3c(c2)CCC3N2CC3(CCN(C(=O)Cc4ccc5c(n4)OCCO5)CC3)C2)cn1. The predicted molar refractivity (Wildman–Crippen MR) is 148 cm³/mol. The van der Waals surface area contributed by atoms with Crippen molar-refractivity contribution in [3.05, 3.63) is 71.2 Å². The molecule has 0 bridgehead atoms. The summed E-state index contributed by atoms with van der Waals surface area (Å²) in [6.07, 6.45) is 6.33. The minimum atomic E-state index is -0.512. The number of ether oxygens (including phenoxy) is 2. The molecule has 3 aromatic rings. The van der Waals surface area contributed by atoms with Crippen LogP contribution in [0.15, 0.2) is 48.7 Å². The molecule has 9 heteroatoms. The summed E-state index contributed by atoms with van der Waals surface area (Å²) in [4.78, 5) is 37.7. The third kappa shape index (κ3) is 4.58. The van der Waals surface area contributed by atoms with Gasteiger partial charge in [0.2, 0.25) is 5.91 Å². The molecule has 7 rings (SSSR count). The summed E-state index contributed by atoms with van der Waals surface area (Å²) in [5.74, 6) is 0.761. The fourth-order valence-corrected chi connectivity index (χ4v) is 6.78. The normalized spacial score (nSPS) is 21.1. The first-order valence-electron chi connectivity index (χ1n) is 14.1. The highest BCUT2D eigenvalue weighted by Crippen LogP contribution is 2.48. The van der Waals surface area contributed by atoms with Gasteiger partial charge in [-0.3, -0.25) is 19.5 Å². The number of likely N-dealkylation sites (tertiary alicyclic amines) is 2. The van der Waals surface area contributed by atoms with E-state index >= 15 is 0 Å². The Morgan fingerprint density at radius 3 is 2.58 bits per heavy atom. The third-order valence-corrected chi connectivity index (χ3v) is 9.03. The molecular formula is C31H33N5O4. The number of aromatic nitrogens is 2. The Morgan fingerprint density at radius 2 is 1.80 bits per heavy atom. The quantitative estimate of drug-likeness (QED) is 0.530. The zero-order valence-corrected chi connectivity index (χ0v) is 22.5. The zero-order chi connectivity index (χ0) is 27.3. The van der Waals surface area contributed by atoms with Gasteiger partial charge in [0, 0.05) is 44.0 Å². The number of piperidine rings is 1. The molecule has 1 atom stereocenters. The van der Waals surface area contributed by atoms with Gasteiger partial charge in [-0.2, -0.15) is 0 Å². The molecule has 5 heterocycles. The highest BCUT2D eigenvalue weighted by Gasteiger charge is 2.48. The number of hydrogen-bond donors (Lipinski definition) is 1. The lowest BCUT2D eigenvalue weighted by atomic mass is 9.71. The van der Waals surface area contributed by atoms with E-state index in [2.05, 4.69) is 33.1 Å². The number of fused-ring (bicyclic) bond motifs is 2. The number of rotatable bonds is 5. The van der Waals surface area contributed by atoms with Crippen LogP contribution in [0.25, 0.3) is 11.1 Å². The summed E-state index contributed by atoms with van der Waals surface area (Å²) in [7, 11) is 0. The van der Waals surface area contributed by atoms with E-state index in [0.29, 0.717) is 42.7 Å². The maximum absolute atomic E-state index is 13.0. The lowest BCUT2D eigenvalue weighted by Gasteiger charge is -2.56. The van der Waals surface area contributed by atoms with Crippen molar-refractivity contribution >= 4 is 11.8 Å². The Balaban J connectivity index is 0.936. The van der Waals surface area contributed by atoms with E-state index in [1.165, 1.54) is 11.1 Å². The van der Waals surface area contributed by atoms with Gasteiger partial charge < -0.3 is 20.1 Å². The highest BCUT2D eigenvalue weighted by atomic mass is 16.6. The Morgan fingerprint density at radius 1 is 1.00 bits per heavy atom. The van der Waals surface area contributed by atoms with E-state index in [1.54, 1.807) is 12.3 Å². The van der Waals surface area contributed by atoms with Crippen molar-refractivity contribution in [2.75, 3.05) is 39.4 Å². The van der Waals surface area contributed by atoms with Crippen molar-refractivity contribution < 1.29 is 19.1 Å². The van der Waals surface area contributed by atoms with Crippen LogP contribution >= 0.6 is 0 Å². The van der Waals surface area contributed by atoms with E-state index in [0.717, 1.165) is 68.7 Å². The van der Waals surface area contributed by atoms with Crippen LogP contribution in [0, 0.1) is 5.41 Å². The maximum Gasteiger partial charge on any atom is 0.267 e. The Labute approximate surface area is 233 Å². The number of aryl methyl sites for hydroxylation is 1. The second-order valence-corrected chi connectivity index (χ2v) is 11.5. The average molecular weight is 540 g/mol. The number of nitrogens with zero attached hydrogens (tertiary/aromatic N) is 4. The smallest absolute Gasteiger partial charge is 0.267 e. The van der Waals surface area contributed by atoms with E-state index in [1.807, 2.05) is 23.1 Å². The van der Waals surface area contributed by atoms with Gasteiger partial charge in [0.1, 0.15) is 18.9 Å². The van der Waals surface area contributed by atoms with Crippen molar-refractivity contribution in [1.82, 2.24) is 19.8 Å². The molecule has 2 saturated heterocycles. The van der Waals surface area contributed by atoms with Gasteiger partial charge in [-0.15, -0.1) is 0 Å². The second-order valence-electron chi connectivity index (χ2n) is 11.5. The first kappa shape index (κ1) is 25.0. The van der Waals surface area contributed by atoms with Crippen LogP contribution in [0.1, 0.15) is 52.6 Å². The van der Waals surface area contributed by atoms with Gasteiger partial charge in [0.05, 0.1) is 12.1 Å². The minimum absolute atomic E-state index is 0.134. The summed E-state index contributed by atoms with van der Waals surface area (Å²) in [5, 5.41) is 0. The van der Waals surface area contributed by atoms with Crippen molar-refractivity contribution in [3.63, 3.8) is 0 Å². The van der Waals surface area contributed by atoms with Crippen LogP contribution in [0.3, 0.4) is 0 Å². The highest BCUT2D eigenvalue weighted by molar-refractivity contribution is 5.91. The molecule has 0 radical (unpaired) electrons. The topological polar surface area (TPSA) is 111 Å². The molecule has 206 valence electrons. The van der Waals surface area contributed by atoms with Gasteiger partial charge in [0.25, 0.3) is 11.8 Å². The Kier molecular flexibility index (Phi) is 6.19. The average Bonchev–Trinajstić information content (AvgIpc) is 3.39.